The normalized spacial score (nSPS) is 11.1. The van der Waals surface area contributed by atoms with Gasteiger partial charge in [-0.25, -0.2) is 9.37 Å². The summed E-state index contributed by atoms with van der Waals surface area (Å²) >= 11 is 7.05. The van der Waals surface area contributed by atoms with Crippen molar-refractivity contribution in [1.29, 1.82) is 0 Å². The summed E-state index contributed by atoms with van der Waals surface area (Å²) < 4.78 is 19.3. The molecule has 1 heterocycles. The standard InChI is InChI=1S/C14H10ClFN2OS/c15-10-3-1-2-8(13(10)16)7-20-14-18-11-6-9(17)4-5-12(11)19-14/h1-6H,7,17H2. The van der Waals surface area contributed by atoms with Crippen molar-refractivity contribution >= 4 is 40.1 Å². The number of fused-ring (bicyclic) bond motifs is 1. The van der Waals surface area contributed by atoms with Crippen LogP contribution in [0.5, 0.6) is 0 Å². The fraction of sp³-hybridized carbons (Fsp3) is 0.0714. The van der Waals surface area contributed by atoms with E-state index in [1.165, 1.54) is 17.8 Å². The summed E-state index contributed by atoms with van der Waals surface area (Å²) in [6.45, 7) is 0. The number of hydrogen-bond acceptors (Lipinski definition) is 4. The first-order valence-electron chi connectivity index (χ1n) is 5.85. The van der Waals surface area contributed by atoms with Gasteiger partial charge in [0.05, 0.1) is 5.02 Å². The number of anilines is 1. The van der Waals surface area contributed by atoms with Crippen LogP contribution in [0.1, 0.15) is 5.56 Å². The Bertz CT molecular complexity index is 775. The zero-order chi connectivity index (χ0) is 14.1. The maximum absolute atomic E-state index is 13.7. The van der Waals surface area contributed by atoms with Crippen LogP contribution in [0.25, 0.3) is 11.1 Å². The van der Waals surface area contributed by atoms with Crippen molar-refractivity contribution < 1.29 is 8.81 Å². The monoisotopic (exact) mass is 308 g/mol. The Morgan fingerprint density at radius 2 is 2.15 bits per heavy atom. The van der Waals surface area contributed by atoms with Gasteiger partial charge < -0.3 is 10.2 Å². The van der Waals surface area contributed by atoms with E-state index in [1.54, 1.807) is 30.3 Å². The molecule has 6 heteroatoms. The molecular formula is C14H10ClFN2OS. The topological polar surface area (TPSA) is 52.0 Å². The molecule has 102 valence electrons. The number of nitrogen functional groups attached to an aromatic ring is 1. The van der Waals surface area contributed by atoms with Gasteiger partial charge in [0, 0.05) is 11.4 Å². The van der Waals surface area contributed by atoms with E-state index < -0.39 is 5.82 Å². The minimum absolute atomic E-state index is 0.119. The summed E-state index contributed by atoms with van der Waals surface area (Å²) in [5.41, 5.74) is 8.18. The molecule has 0 radical (unpaired) electrons. The average Bonchev–Trinajstić information content (AvgIpc) is 2.82. The minimum Gasteiger partial charge on any atom is -0.431 e. The summed E-state index contributed by atoms with van der Waals surface area (Å²) in [7, 11) is 0. The fourth-order valence-corrected chi connectivity index (χ4v) is 2.79. The highest BCUT2D eigenvalue weighted by atomic mass is 35.5. The molecular weight excluding hydrogens is 299 g/mol. The Morgan fingerprint density at radius 3 is 3.00 bits per heavy atom. The molecule has 2 N–H and O–H groups in total. The van der Waals surface area contributed by atoms with Crippen molar-refractivity contribution in [2.75, 3.05) is 5.73 Å². The van der Waals surface area contributed by atoms with Gasteiger partial charge in [-0.1, -0.05) is 35.5 Å². The Labute approximate surface area is 123 Å². The highest BCUT2D eigenvalue weighted by Gasteiger charge is 2.10. The highest BCUT2D eigenvalue weighted by Crippen LogP contribution is 2.29. The van der Waals surface area contributed by atoms with Crippen LogP contribution in [0.4, 0.5) is 10.1 Å². The molecule has 0 atom stereocenters. The minimum atomic E-state index is -0.401. The molecule has 0 bridgehead atoms. The summed E-state index contributed by atoms with van der Waals surface area (Å²) in [4.78, 5) is 4.30. The van der Waals surface area contributed by atoms with E-state index in [-0.39, 0.29) is 5.02 Å². The molecule has 0 aliphatic heterocycles. The van der Waals surface area contributed by atoms with Crippen LogP contribution in [-0.2, 0) is 5.75 Å². The predicted octanol–water partition coefficient (Wildman–Crippen LogP) is 4.49. The SMILES string of the molecule is Nc1ccc2oc(SCc3cccc(Cl)c3F)nc2c1. The molecule has 0 aliphatic carbocycles. The number of halogens is 2. The van der Waals surface area contributed by atoms with Crippen LogP contribution >= 0.6 is 23.4 Å². The molecule has 20 heavy (non-hydrogen) atoms. The molecule has 3 aromatic rings. The van der Waals surface area contributed by atoms with Gasteiger partial charge in [-0.15, -0.1) is 0 Å². The summed E-state index contributed by atoms with van der Waals surface area (Å²) in [6, 6.07) is 10.2. The van der Waals surface area contributed by atoms with Crippen molar-refractivity contribution in [1.82, 2.24) is 4.98 Å². The third-order valence-corrected chi connectivity index (χ3v) is 3.94. The first-order chi connectivity index (χ1) is 9.63. The fourth-order valence-electron chi connectivity index (χ4n) is 1.78. The molecule has 0 saturated heterocycles. The lowest BCUT2D eigenvalue weighted by atomic mass is 10.2. The number of aromatic nitrogens is 1. The number of thioether (sulfide) groups is 1. The van der Waals surface area contributed by atoms with Crippen molar-refractivity contribution in [3.8, 4) is 0 Å². The van der Waals surface area contributed by atoms with E-state index in [9.17, 15) is 4.39 Å². The van der Waals surface area contributed by atoms with Gasteiger partial charge >= 0.3 is 0 Å². The number of benzene rings is 2. The second-order valence-corrected chi connectivity index (χ2v) is 5.54. The van der Waals surface area contributed by atoms with Crippen LogP contribution in [0.2, 0.25) is 5.02 Å². The van der Waals surface area contributed by atoms with E-state index in [4.69, 9.17) is 21.8 Å². The highest BCUT2D eigenvalue weighted by molar-refractivity contribution is 7.98. The summed E-state index contributed by atoms with van der Waals surface area (Å²) in [6.07, 6.45) is 0. The van der Waals surface area contributed by atoms with E-state index in [0.29, 0.717) is 33.3 Å². The van der Waals surface area contributed by atoms with Gasteiger partial charge in [-0.2, -0.15) is 0 Å². The Hall–Kier alpha value is -1.72. The van der Waals surface area contributed by atoms with Crippen LogP contribution in [0.3, 0.4) is 0 Å². The molecule has 0 amide bonds. The lowest BCUT2D eigenvalue weighted by molar-refractivity contribution is 0.489. The first kappa shape index (κ1) is 13.3. The van der Waals surface area contributed by atoms with Gasteiger partial charge in [0.15, 0.2) is 5.58 Å². The van der Waals surface area contributed by atoms with Crippen molar-refractivity contribution in [2.45, 2.75) is 11.0 Å². The van der Waals surface area contributed by atoms with Gasteiger partial charge in [-0.05, 0) is 29.8 Å². The van der Waals surface area contributed by atoms with Crippen molar-refractivity contribution in [2.24, 2.45) is 0 Å². The third-order valence-electron chi connectivity index (χ3n) is 2.77. The molecule has 0 unspecified atom stereocenters. The molecule has 0 spiro atoms. The van der Waals surface area contributed by atoms with Crippen LogP contribution in [0.15, 0.2) is 46.0 Å². The summed E-state index contributed by atoms with van der Waals surface area (Å²) in [5, 5.41) is 0.596. The molecule has 0 aliphatic rings. The van der Waals surface area contributed by atoms with Crippen LogP contribution in [0, 0.1) is 5.82 Å². The second kappa shape index (κ2) is 5.34. The number of hydrogen-bond donors (Lipinski definition) is 1. The van der Waals surface area contributed by atoms with Gasteiger partial charge in [-0.3, -0.25) is 0 Å². The number of rotatable bonds is 3. The van der Waals surface area contributed by atoms with Crippen molar-refractivity contribution in [3.05, 3.63) is 52.8 Å². The maximum Gasteiger partial charge on any atom is 0.257 e. The molecule has 3 rings (SSSR count). The van der Waals surface area contributed by atoms with E-state index >= 15 is 0 Å². The van der Waals surface area contributed by atoms with Gasteiger partial charge in [0.25, 0.3) is 5.22 Å². The lowest BCUT2D eigenvalue weighted by Gasteiger charge is -2.01. The van der Waals surface area contributed by atoms with Gasteiger partial charge in [0.2, 0.25) is 0 Å². The molecule has 0 saturated carbocycles. The quantitative estimate of drug-likeness (QED) is 0.572. The number of nitrogens with two attached hydrogens (primary N) is 1. The molecule has 3 nitrogen and oxygen atoms in total. The lowest BCUT2D eigenvalue weighted by Crippen LogP contribution is -1.88. The smallest absolute Gasteiger partial charge is 0.257 e. The van der Waals surface area contributed by atoms with Crippen LogP contribution in [-0.4, -0.2) is 4.98 Å². The molecule has 2 aromatic carbocycles. The van der Waals surface area contributed by atoms with Gasteiger partial charge in [0.1, 0.15) is 11.3 Å². The Balaban J connectivity index is 1.81. The zero-order valence-corrected chi connectivity index (χ0v) is 11.8. The largest absolute Gasteiger partial charge is 0.431 e. The Morgan fingerprint density at radius 1 is 1.30 bits per heavy atom. The molecule has 0 fully saturated rings. The summed E-state index contributed by atoms with van der Waals surface area (Å²) in [5.74, 6) is -0.00339. The third kappa shape index (κ3) is 2.59. The Kier molecular flexibility index (Phi) is 3.54. The van der Waals surface area contributed by atoms with E-state index in [1.807, 2.05) is 0 Å². The maximum atomic E-state index is 13.7. The van der Waals surface area contributed by atoms with Crippen molar-refractivity contribution in [3.63, 3.8) is 0 Å². The zero-order valence-electron chi connectivity index (χ0n) is 10.3. The van der Waals surface area contributed by atoms with E-state index in [2.05, 4.69) is 4.98 Å². The van der Waals surface area contributed by atoms with Crippen LogP contribution < -0.4 is 5.73 Å². The predicted molar refractivity (Wildman–Crippen MR) is 79.4 cm³/mol. The molecule has 1 aromatic heterocycles. The first-order valence-corrected chi connectivity index (χ1v) is 7.21. The number of nitrogens with zero attached hydrogens (tertiary/aromatic N) is 1. The number of oxazole rings is 1. The van der Waals surface area contributed by atoms with E-state index in [0.717, 1.165) is 0 Å². The average molecular weight is 309 g/mol. The second-order valence-electron chi connectivity index (χ2n) is 4.21.